The van der Waals surface area contributed by atoms with Crippen LogP contribution in [0, 0.1) is 40.9 Å². The molecule has 0 aromatic heterocycles. The average molecular weight is 344 g/mol. The fourth-order valence-electron chi connectivity index (χ4n) is 2.65. The third kappa shape index (κ3) is 3.34. The third-order valence-electron chi connectivity index (χ3n) is 3.84. The Labute approximate surface area is 151 Å². The van der Waals surface area contributed by atoms with Gasteiger partial charge in [0.15, 0.2) is 5.57 Å². The molecule has 6 heteroatoms. The van der Waals surface area contributed by atoms with Crippen molar-refractivity contribution in [2.24, 2.45) is 0 Å². The van der Waals surface area contributed by atoms with Gasteiger partial charge in [-0.25, -0.2) is 4.79 Å². The molecule has 2 rings (SSSR count). The Hall–Kier alpha value is -3.82. The molecule has 6 nitrogen and oxygen atoms in total. The molecule has 128 valence electrons. The van der Waals surface area contributed by atoms with E-state index in [1.807, 2.05) is 25.1 Å². The van der Waals surface area contributed by atoms with Gasteiger partial charge in [0.2, 0.25) is 0 Å². The van der Waals surface area contributed by atoms with Crippen LogP contribution in [0.2, 0.25) is 0 Å². The number of carbonyl (C=O) groups excluding carboxylic acids is 1. The molecule has 1 aliphatic rings. The normalized spacial score (nSPS) is 13.3. The third-order valence-corrected chi connectivity index (χ3v) is 3.84. The van der Waals surface area contributed by atoms with Crippen molar-refractivity contribution < 1.29 is 9.53 Å². The van der Waals surface area contributed by atoms with E-state index in [0.29, 0.717) is 16.8 Å². The lowest BCUT2D eigenvalue weighted by atomic mass is 9.86. The summed E-state index contributed by atoms with van der Waals surface area (Å²) < 4.78 is 5.14. The van der Waals surface area contributed by atoms with Crippen molar-refractivity contribution in [3.63, 3.8) is 0 Å². The Kier molecular flexibility index (Phi) is 5.58. The summed E-state index contributed by atoms with van der Waals surface area (Å²) in [5.41, 5.74) is 2.55. The molecule has 0 unspecified atom stereocenters. The van der Waals surface area contributed by atoms with Crippen molar-refractivity contribution >= 4 is 11.5 Å². The van der Waals surface area contributed by atoms with Crippen molar-refractivity contribution in [1.29, 1.82) is 15.8 Å². The number of nitrogens with zero attached hydrogens (tertiary/aromatic N) is 3. The summed E-state index contributed by atoms with van der Waals surface area (Å²) in [6.45, 7) is 5.44. The molecular weight excluding hydrogens is 328 g/mol. The minimum Gasteiger partial charge on any atom is -0.462 e. The summed E-state index contributed by atoms with van der Waals surface area (Å²) in [5.74, 6) is -0.574. The zero-order valence-electron chi connectivity index (χ0n) is 14.7. The fraction of sp³-hybridized carbons (Fsp3) is 0.200. The number of hydrogen-bond acceptors (Lipinski definition) is 6. The Morgan fingerprint density at radius 2 is 1.73 bits per heavy atom. The van der Waals surface area contributed by atoms with Gasteiger partial charge in [-0.2, -0.15) is 15.8 Å². The molecule has 0 spiro atoms. The van der Waals surface area contributed by atoms with Gasteiger partial charge in [-0.1, -0.05) is 29.8 Å². The van der Waals surface area contributed by atoms with E-state index in [0.717, 1.165) is 5.56 Å². The number of allylic oxidation sites excluding steroid dienone is 3. The second kappa shape index (κ2) is 7.83. The van der Waals surface area contributed by atoms with Crippen LogP contribution in [0.4, 0.5) is 0 Å². The van der Waals surface area contributed by atoms with Crippen LogP contribution >= 0.6 is 0 Å². The Morgan fingerprint density at radius 1 is 1.12 bits per heavy atom. The highest BCUT2D eigenvalue weighted by molar-refractivity contribution is 6.10. The molecule has 0 atom stereocenters. The van der Waals surface area contributed by atoms with Crippen LogP contribution < -0.4 is 5.32 Å². The smallest absolute Gasteiger partial charge is 0.340 e. The number of esters is 1. The zero-order valence-corrected chi connectivity index (χ0v) is 14.7. The highest BCUT2D eigenvalue weighted by Gasteiger charge is 2.31. The van der Waals surface area contributed by atoms with Gasteiger partial charge in [0, 0.05) is 11.3 Å². The molecule has 0 saturated heterocycles. The van der Waals surface area contributed by atoms with E-state index in [-0.39, 0.29) is 29.0 Å². The van der Waals surface area contributed by atoms with Crippen molar-refractivity contribution in [3.05, 3.63) is 63.5 Å². The standard InChI is InChI=1S/C20H16N4O2/c1-4-26-20(25)17-13(3)24-19(15(9-21)10-22)16(11-23)18(17)14-7-5-12(2)6-8-14/h5-8,24H,4H2,1-3H3. The lowest BCUT2D eigenvalue weighted by Crippen LogP contribution is -2.26. The molecule has 1 aliphatic heterocycles. The van der Waals surface area contributed by atoms with Crippen LogP contribution in [0.25, 0.3) is 5.57 Å². The molecule has 0 radical (unpaired) electrons. The monoisotopic (exact) mass is 344 g/mol. The number of ether oxygens (including phenoxy) is 1. The summed E-state index contributed by atoms with van der Waals surface area (Å²) in [6.07, 6.45) is 0. The van der Waals surface area contributed by atoms with Crippen molar-refractivity contribution in [2.45, 2.75) is 20.8 Å². The number of rotatable bonds is 3. The summed E-state index contributed by atoms with van der Waals surface area (Å²) in [7, 11) is 0. The van der Waals surface area contributed by atoms with Crippen LogP contribution in [-0.2, 0) is 9.53 Å². The highest BCUT2D eigenvalue weighted by atomic mass is 16.5. The first-order chi connectivity index (χ1) is 12.5. The van der Waals surface area contributed by atoms with Crippen molar-refractivity contribution in [3.8, 4) is 18.2 Å². The van der Waals surface area contributed by atoms with Gasteiger partial charge in [-0.05, 0) is 26.3 Å². The molecule has 0 bridgehead atoms. The van der Waals surface area contributed by atoms with Gasteiger partial charge in [0.1, 0.15) is 18.2 Å². The number of aryl methyl sites for hydroxylation is 1. The van der Waals surface area contributed by atoms with Gasteiger partial charge in [0.25, 0.3) is 0 Å². The van der Waals surface area contributed by atoms with E-state index in [2.05, 4.69) is 5.32 Å². The first-order valence-corrected chi connectivity index (χ1v) is 7.90. The summed E-state index contributed by atoms with van der Waals surface area (Å²) in [4.78, 5) is 12.5. The van der Waals surface area contributed by atoms with Gasteiger partial charge < -0.3 is 10.1 Å². The minimum absolute atomic E-state index is 0.0561. The van der Waals surface area contributed by atoms with E-state index in [9.17, 15) is 20.6 Å². The lowest BCUT2D eigenvalue weighted by Gasteiger charge is -2.25. The molecule has 0 saturated carbocycles. The molecule has 26 heavy (non-hydrogen) atoms. The molecule has 0 amide bonds. The SMILES string of the molecule is CCOC(=O)C1=C(C)NC(=C(C#N)C#N)C(C#N)=C1c1ccc(C)cc1. The largest absolute Gasteiger partial charge is 0.462 e. The first kappa shape index (κ1) is 18.5. The van der Waals surface area contributed by atoms with E-state index in [4.69, 9.17) is 4.74 Å². The summed E-state index contributed by atoms with van der Waals surface area (Å²) in [5, 5.41) is 31.0. The Bertz CT molecular complexity index is 959. The molecule has 1 heterocycles. The number of benzene rings is 1. The molecule has 1 aromatic rings. The quantitative estimate of drug-likeness (QED) is 0.666. The van der Waals surface area contributed by atoms with E-state index >= 15 is 0 Å². The highest BCUT2D eigenvalue weighted by Crippen LogP contribution is 2.36. The molecular formula is C20H16N4O2. The van der Waals surface area contributed by atoms with Crippen molar-refractivity contribution in [1.82, 2.24) is 5.32 Å². The second-order valence-corrected chi connectivity index (χ2v) is 5.55. The van der Waals surface area contributed by atoms with Crippen LogP contribution in [0.3, 0.4) is 0 Å². The molecule has 0 aliphatic carbocycles. The zero-order chi connectivity index (χ0) is 19.3. The number of carbonyl (C=O) groups is 1. The van der Waals surface area contributed by atoms with Gasteiger partial charge in [-0.3, -0.25) is 0 Å². The second-order valence-electron chi connectivity index (χ2n) is 5.55. The number of hydrogen-bond donors (Lipinski definition) is 1. The number of nitrogens with one attached hydrogen (secondary N) is 1. The molecule has 0 fully saturated rings. The van der Waals surface area contributed by atoms with Crippen LogP contribution in [0.5, 0.6) is 0 Å². The maximum Gasteiger partial charge on any atom is 0.340 e. The molecule has 1 N–H and O–H groups in total. The average Bonchev–Trinajstić information content (AvgIpc) is 2.63. The summed E-state index contributed by atoms with van der Waals surface area (Å²) in [6, 6.07) is 12.9. The fourth-order valence-corrected chi connectivity index (χ4v) is 2.65. The maximum absolute atomic E-state index is 12.5. The molecule has 1 aromatic carbocycles. The minimum atomic E-state index is -0.574. The summed E-state index contributed by atoms with van der Waals surface area (Å²) >= 11 is 0. The van der Waals surface area contributed by atoms with Crippen molar-refractivity contribution in [2.75, 3.05) is 6.61 Å². The van der Waals surface area contributed by atoms with Crippen LogP contribution in [0.1, 0.15) is 25.0 Å². The van der Waals surface area contributed by atoms with Gasteiger partial charge >= 0.3 is 5.97 Å². The topological polar surface area (TPSA) is 110 Å². The van der Waals surface area contributed by atoms with Gasteiger partial charge in [-0.15, -0.1) is 0 Å². The number of dihydropyridines is 1. The predicted molar refractivity (Wildman–Crippen MR) is 94.4 cm³/mol. The van der Waals surface area contributed by atoms with Gasteiger partial charge in [0.05, 0.1) is 23.5 Å². The van der Waals surface area contributed by atoms with Crippen LogP contribution in [-0.4, -0.2) is 12.6 Å². The number of nitriles is 3. The Balaban J connectivity index is 2.88. The van der Waals surface area contributed by atoms with E-state index in [1.165, 1.54) is 0 Å². The van der Waals surface area contributed by atoms with Crippen LogP contribution in [0.15, 0.2) is 52.4 Å². The van der Waals surface area contributed by atoms with E-state index < -0.39 is 5.97 Å². The first-order valence-electron chi connectivity index (χ1n) is 7.90. The van der Waals surface area contributed by atoms with E-state index in [1.54, 1.807) is 38.1 Å². The predicted octanol–water partition coefficient (Wildman–Crippen LogP) is 3.01. The lowest BCUT2D eigenvalue weighted by molar-refractivity contribution is -0.138. The maximum atomic E-state index is 12.5. The Morgan fingerprint density at radius 3 is 2.23 bits per heavy atom.